The van der Waals surface area contributed by atoms with Gasteiger partial charge in [0.1, 0.15) is 0 Å². The summed E-state index contributed by atoms with van der Waals surface area (Å²) in [5, 5.41) is 3.62. The highest BCUT2D eigenvalue weighted by Crippen LogP contribution is 2.11. The molecule has 2 rings (SSSR count). The number of hydrogen-bond donors (Lipinski definition) is 1. The molecule has 1 saturated heterocycles. The third-order valence-corrected chi connectivity index (χ3v) is 4.38. The van der Waals surface area contributed by atoms with Crippen LogP contribution in [0.3, 0.4) is 0 Å². The number of nitrogens with zero attached hydrogens (tertiary/aromatic N) is 2. The van der Waals surface area contributed by atoms with Crippen LogP contribution in [0.5, 0.6) is 0 Å². The third kappa shape index (κ3) is 6.73. The van der Waals surface area contributed by atoms with Gasteiger partial charge in [-0.1, -0.05) is 29.8 Å². The Kier molecular flexibility index (Phi) is 7.59. The van der Waals surface area contributed by atoms with Crippen molar-refractivity contribution < 1.29 is 4.79 Å². The molecule has 0 bridgehead atoms. The van der Waals surface area contributed by atoms with E-state index in [0.717, 1.165) is 50.6 Å². The van der Waals surface area contributed by atoms with Gasteiger partial charge >= 0.3 is 0 Å². The van der Waals surface area contributed by atoms with Crippen molar-refractivity contribution in [2.75, 3.05) is 45.8 Å². The minimum absolute atomic E-state index is 0.0843. The summed E-state index contributed by atoms with van der Waals surface area (Å²) in [6.07, 6.45) is 3.94. The molecule has 1 aliphatic heterocycles. The van der Waals surface area contributed by atoms with E-state index in [1.165, 1.54) is 5.56 Å². The lowest BCUT2D eigenvalue weighted by Crippen LogP contribution is -2.49. The number of rotatable bonds is 8. The molecule has 0 unspecified atom stereocenters. The van der Waals surface area contributed by atoms with E-state index in [-0.39, 0.29) is 5.91 Å². The minimum atomic E-state index is 0.0843. The van der Waals surface area contributed by atoms with Crippen molar-refractivity contribution in [1.82, 2.24) is 15.1 Å². The molecule has 1 amide bonds. The third-order valence-electron chi connectivity index (χ3n) is 4.13. The first kappa shape index (κ1) is 18.0. The van der Waals surface area contributed by atoms with E-state index in [9.17, 15) is 4.79 Å². The van der Waals surface area contributed by atoms with Gasteiger partial charge in [-0.15, -0.1) is 6.58 Å². The number of aryl methyl sites for hydroxylation is 1. The lowest BCUT2D eigenvalue weighted by molar-refractivity contribution is -0.122. The summed E-state index contributed by atoms with van der Waals surface area (Å²) in [5.74, 6) is 0.0843. The molecule has 0 aliphatic carbocycles. The van der Waals surface area contributed by atoms with Gasteiger partial charge in [-0.05, 0) is 37.1 Å². The fraction of sp³-hybridized carbons (Fsp3) is 0.500. The summed E-state index contributed by atoms with van der Waals surface area (Å²) in [6, 6.07) is 8.10. The molecule has 1 heterocycles. The maximum absolute atomic E-state index is 11.7. The van der Waals surface area contributed by atoms with Gasteiger partial charge < -0.3 is 10.2 Å². The summed E-state index contributed by atoms with van der Waals surface area (Å²) in [6.45, 7) is 9.75. The number of piperazine rings is 1. The van der Waals surface area contributed by atoms with Crippen LogP contribution in [0.2, 0.25) is 5.02 Å². The molecule has 4 nitrogen and oxygen atoms in total. The molecule has 1 aromatic carbocycles. The molecule has 0 atom stereocenters. The molecule has 1 fully saturated rings. The van der Waals surface area contributed by atoms with Crippen molar-refractivity contribution in [3.8, 4) is 0 Å². The van der Waals surface area contributed by atoms with Gasteiger partial charge in [0.15, 0.2) is 0 Å². The van der Waals surface area contributed by atoms with Gasteiger partial charge in [0.2, 0.25) is 5.91 Å². The monoisotopic (exact) mass is 335 g/mol. The molecular weight excluding hydrogens is 310 g/mol. The second kappa shape index (κ2) is 9.71. The SMILES string of the molecule is C=CCNC(=O)CN1CCN(CCCc2ccc(Cl)cc2)CC1. The molecule has 0 radical (unpaired) electrons. The second-order valence-corrected chi connectivity index (χ2v) is 6.38. The Hall–Kier alpha value is -1.36. The molecule has 5 heteroatoms. The zero-order chi connectivity index (χ0) is 16.5. The van der Waals surface area contributed by atoms with Gasteiger partial charge in [-0.25, -0.2) is 0 Å². The highest BCUT2D eigenvalue weighted by Gasteiger charge is 2.18. The van der Waals surface area contributed by atoms with Crippen LogP contribution in [0.25, 0.3) is 0 Å². The van der Waals surface area contributed by atoms with Crippen LogP contribution in [0.4, 0.5) is 0 Å². The Morgan fingerprint density at radius 3 is 2.48 bits per heavy atom. The average molecular weight is 336 g/mol. The van der Waals surface area contributed by atoms with Gasteiger partial charge in [0.05, 0.1) is 6.54 Å². The van der Waals surface area contributed by atoms with Crippen LogP contribution in [-0.4, -0.2) is 61.5 Å². The first-order chi connectivity index (χ1) is 11.2. The molecule has 23 heavy (non-hydrogen) atoms. The smallest absolute Gasteiger partial charge is 0.234 e. The van der Waals surface area contributed by atoms with E-state index in [1.54, 1.807) is 6.08 Å². The zero-order valence-electron chi connectivity index (χ0n) is 13.6. The van der Waals surface area contributed by atoms with E-state index in [1.807, 2.05) is 12.1 Å². The van der Waals surface area contributed by atoms with Gasteiger partial charge in [-0.2, -0.15) is 0 Å². The summed E-state index contributed by atoms with van der Waals surface area (Å²) < 4.78 is 0. The fourth-order valence-electron chi connectivity index (χ4n) is 2.77. The van der Waals surface area contributed by atoms with Crippen LogP contribution in [0.1, 0.15) is 12.0 Å². The Labute approximate surface area is 144 Å². The molecule has 0 spiro atoms. The minimum Gasteiger partial charge on any atom is -0.352 e. The maximum Gasteiger partial charge on any atom is 0.234 e. The average Bonchev–Trinajstić information content (AvgIpc) is 2.56. The van der Waals surface area contributed by atoms with Gasteiger partial charge in [-0.3, -0.25) is 9.69 Å². The van der Waals surface area contributed by atoms with Crippen LogP contribution < -0.4 is 5.32 Å². The first-order valence-corrected chi connectivity index (χ1v) is 8.62. The Bertz CT molecular complexity index is 495. The van der Waals surface area contributed by atoms with Crippen molar-refractivity contribution >= 4 is 17.5 Å². The van der Waals surface area contributed by atoms with Gasteiger partial charge in [0, 0.05) is 37.7 Å². The second-order valence-electron chi connectivity index (χ2n) is 5.94. The number of nitrogens with one attached hydrogen (secondary N) is 1. The normalized spacial score (nSPS) is 16.2. The molecule has 126 valence electrons. The lowest BCUT2D eigenvalue weighted by Gasteiger charge is -2.34. The highest BCUT2D eigenvalue weighted by atomic mass is 35.5. The first-order valence-electron chi connectivity index (χ1n) is 8.24. The number of halogens is 1. The van der Waals surface area contributed by atoms with Crippen LogP contribution >= 0.6 is 11.6 Å². The Morgan fingerprint density at radius 2 is 1.83 bits per heavy atom. The van der Waals surface area contributed by atoms with Crippen molar-refractivity contribution in [2.45, 2.75) is 12.8 Å². The largest absolute Gasteiger partial charge is 0.352 e. The van der Waals surface area contributed by atoms with Crippen LogP contribution in [0.15, 0.2) is 36.9 Å². The van der Waals surface area contributed by atoms with Crippen molar-refractivity contribution in [3.63, 3.8) is 0 Å². The van der Waals surface area contributed by atoms with Crippen molar-refractivity contribution in [1.29, 1.82) is 0 Å². The topological polar surface area (TPSA) is 35.6 Å². The summed E-state index contributed by atoms with van der Waals surface area (Å²) in [4.78, 5) is 16.4. The van der Waals surface area contributed by atoms with Gasteiger partial charge in [0.25, 0.3) is 0 Å². The zero-order valence-corrected chi connectivity index (χ0v) is 14.4. The lowest BCUT2D eigenvalue weighted by atomic mass is 10.1. The van der Waals surface area contributed by atoms with E-state index in [2.05, 4.69) is 33.8 Å². The Morgan fingerprint density at radius 1 is 1.17 bits per heavy atom. The standard InChI is InChI=1S/C18H26ClN3O/c1-2-9-20-18(23)15-22-13-11-21(12-14-22)10-3-4-16-5-7-17(19)8-6-16/h2,5-8H,1,3-4,9-15H2,(H,20,23). The molecule has 1 aromatic rings. The Balaban J connectivity index is 1.60. The van der Waals surface area contributed by atoms with E-state index < -0.39 is 0 Å². The molecule has 1 aliphatic rings. The van der Waals surface area contributed by atoms with Crippen molar-refractivity contribution in [3.05, 3.63) is 47.5 Å². The quantitative estimate of drug-likeness (QED) is 0.740. The highest BCUT2D eigenvalue weighted by molar-refractivity contribution is 6.30. The van der Waals surface area contributed by atoms with Crippen molar-refractivity contribution in [2.24, 2.45) is 0 Å². The number of carbonyl (C=O) groups is 1. The number of benzene rings is 1. The fourth-order valence-corrected chi connectivity index (χ4v) is 2.90. The number of hydrogen-bond acceptors (Lipinski definition) is 3. The van der Waals surface area contributed by atoms with E-state index >= 15 is 0 Å². The van der Waals surface area contributed by atoms with Crippen LogP contribution in [0, 0.1) is 0 Å². The summed E-state index contributed by atoms with van der Waals surface area (Å²) in [5.41, 5.74) is 1.34. The molecule has 0 aromatic heterocycles. The van der Waals surface area contributed by atoms with E-state index in [0.29, 0.717) is 13.1 Å². The maximum atomic E-state index is 11.7. The predicted molar refractivity (Wildman–Crippen MR) is 95.9 cm³/mol. The van der Waals surface area contributed by atoms with E-state index in [4.69, 9.17) is 11.6 Å². The number of carbonyl (C=O) groups excluding carboxylic acids is 1. The number of amides is 1. The summed E-state index contributed by atoms with van der Waals surface area (Å²) >= 11 is 5.90. The molecule has 1 N–H and O–H groups in total. The molecule has 0 saturated carbocycles. The summed E-state index contributed by atoms with van der Waals surface area (Å²) in [7, 11) is 0. The molecular formula is C18H26ClN3O. The predicted octanol–water partition coefficient (Wildman–Crippen LogP) is 2.19. The van der Waals surface area contributed by atoms with Crippen LogP contribution in [-0.2, 0) is 11.2 Å².